The summed E-state index contributed by atoms with van der Waals surface area (Å²) in [7, 11) is 0. The molecular weight excluding hydrogens is 417 g/mol. The summed E-state index contributed by atoms with van der Waals surface area (Å²) in [6.07, 6.45) is 1.73. The number of aryl methyl sites for hydroxylation is 1. The van der Waals surface area contributed by atoms with Gasteiger partial charge in [-0.2, -0.15) is 0 Å². The molecule has 1 N–H and O–H groups in total. The molecule has 5 heteroatoms. The normalized spacial score (nSPS) is 11.6. The van der Waals surface area contributed by atoms with E-state index in [0.717, 1.165) is 16.4 Å². The van der Waals surface area contributed by atoms with Gasteiger partial charge in [-0.15, -0.1) is 0 Å². The van der Waals surface area contributed by atoms with E-state index in [0.29, 0.717) is 5.56 Å². The van der Waals surface area contributed by atoms with E-state index in [-0.39, 0.29) is 18.6 Å². The van der Waals surface area contributed by atoms with E-state index in [1.165, 1.54) is 5.56 Å². The van der Waals surface area contributed by atoms with Gasteiger partial charge in [-0.25, -0.2) is 4.79 Å². The Morgan fingerprint density at radius 2 is 1.75 bits per heavy atom. The van der Waals surface area contributed by atoms with Crippen LogP contribution in [-0.4, -0.2) is 24.5 Å². The number of ether oxygens (including phenoxy) is 1. The lowest BCUT2D eigenvalue weighted by molar-refractivity contribution is -0.124. The second-order valence-corrected chi connectivity index (χ2v) is 6.71. The molecule has 0 fully saturated rings. The summed E-state index contributed by atoms with van der Waals surface area (Å²) in [6.45, 7) is 1.68. The number of benzene rings is 2. The second-order valence-electron chi connectivity index (χ2n) is 5.55. The predicted molar refractivity (Wildman–Crippen MR) is 102 cm³/mol. The van der Waals surface area contributed by atoms with E-state index in [4.69, 9.17) is 4.74 Å². The minimum Gasteiger partial charge on any atom is -0.452 e. The summed E-state index contributed by atoms with van der Waals surface area (Å²) >= 11 is 2.07. The van der Waals surface area contributed by atoms with Crippen molar-refractivity contribution in [3.63, 3.8) is 0 Å². The Hall–Kier alpha value is -1.89. The van der Waals surface area contributed by atoms with Crippen LogP contribution in [0, 0.1) is 3.57 Å². The summed E-state index contributed by atoms with van der Waals surface area (Å²) in [5.41, 5.74) is 1.71. The van der Waals surface area contributed by atoms with E-state index < -0.39 is 5.97 Å². The number of carbonyl (C=O) groups excluding carboxylic acids is 2. The fourth-order valence-corrected chi connectivity index (χ4v) is 2.86. The first-order valence-corrected chi connectivity index (χ1v) is 8.89. The molecular formula is C19H20INO3. The maximum absolute atomic E-state index is 12.0. The number of esters is 1. The molecule has 24 heavy (non-hydrogen) atoms. The SMILES string of the molecule is CC(CCc1ccccc1)NC(=O)COC(=O)c1ccccc1I. The van der Waals surface area contributed by atoms with E-state index in [1.54, 1.807) is 12.1 Å². The molecule has 0 saturated heterocycles. The van der Waals surface area contributed by atoms with Gasteiger partial charge in [0.15, 0.2) is 6.61 Å². The average Bonchev–Trinajstić information content (AvgIpc) is 2.59. The van der Waals surface area contributed by atoms with Crippen LogP contribution in [0.2, 0.25) is 0 Å². The van der Waals surface area contributed by atoms with Gasteiger partial charge in [-0.3, -0.25) is 4.79 Å². The molecule has 0 heterocycles. The molecule has 2 aromatic carbocycles. The largest absolute Gasteiger partial charge is 0.452 e. The van der Waals surface area contributed by atoms with Crippen LogP contribution in [0.4, 0.5) is 0 Å². The highest BCUT2D eigenvalue weighted by Crippen LogP contribution is 2.12. The van der Waals surface area contributed by atoms with Crippen molar-refractivity contribution in [3.05, 3.63) is 69.3 Å². The third-order valence-corrected chi connectivity index (χ3v) is 4.49. The van der Waals surface area contributed by atoms with Gasteiger partial charge in [0.05, 0.1) is 5.56 Å². The van der Waals surface area contributed by atoms with Crippen molar-refractivity contribution in [1.82, 2.24) is 5.32 Å². The molecule has 1 amide bonds. The van der Waals surface area contributed by atoms with Crippen molar-refractivity contribution in [2.45, 2.75) is 25.8 Å². The van der Waals surface area contributed by atoms with Crippen molar-refractivity contribution in [2.24, 2.45) is 0 Å². The van der Waals surface area contributed by atoms with Gasteiger partial charge in [0.25, 0.3) is 5.91 Å². The molecule has 0 saturated carbocycles. The molecule has 0 bridgehead atoms. The van der Waals surface area contributed by atoms with Gasteiger partial charge in [-0.1, -0.05) is 42.5 Å². The Bertz CT molecular complexity index is 688. The predicted octanol–water partition coefficient (Wildman–Crippen LogP) is 3.59. The quantitative estimate of drug-likeness (QED) is 0.532. The lowest BCUT2D eigenvalue weighted by atomic mass is 10.1. The fraction of sp³-hybridized carbons (Fsp3) is 0.263. The smallest absolute Gasteiger partial charge is 0.339 e. The number of amides is 1. The number of halogens is 1. The Morgan fingerprint density at radius 1 is 1.08 bits per heavy atom. The molecule has 4 nitrogen and oxygen atoms in total. The summed E-state index contributed by atoms with van der Waals surface area (Å²) in [4.78, 5) is 23.9. The van der Waals surface area contributed by atoms with Gasteiger partial charge in [0, 0.05) is 9.61 Å². The van der Waals surface area contributed by atoms with Crippen LogP contribution in [0.1, 0.15) is 29.3 Å². The molecule has 0 radical (unpaired) electrons. The maximum Gasteiger partial charge on any atom is 0.339 e. The zero-order valence-electron chi connectivity index (χ0n) is 13.5. The van der Waals surface area contributed by atoms with Gasteiger partial charge < -0.3 is 10.1 Å². The van der Waals surface area contributed by atoms with Crippen molar-refractivity contribution < 1.29 is 14.3 Å². The number of rotatable bonds is 7. The molecule has 1 atom stereocenters. The van der Waals surface area contributed by atoms with E-state index in [2.05, 4.69) is 40.0 Å². The molecule has 0 aromatic heterocycles. The molecule has 126 valence electrons. The topological polar surface area (TPSA) is 55.4 Å². The molecule has 2 aromatic rings. The highest BCUT2D eigenvalue weighted by atomic mass is 127. The third-order valence-electron chi connectivity index (χ3n) is 3.54. The first-order chi connectivity index (χ1) is 11.6. The Balaban J connectivity index is 1.72. The van der Waals surface area contributed by atoms with E-state index in [9.17, 15) is 9.59 Å². The first kappa shape index (κ1) is 18.4. The van der Waals surface area contributed by atoms with Crippen LogP contribution >= 0.6 is 22.6 Å². The van der Waals surface area contributed by atoms with Crippen LogP contribution < -0.4 is 5.32 Å². The van der Waals surface area contributed by atoms with Gasteiger partial charge in [0.1, 0.15) is 0 Å². The van der Waals surface area contributed by atoms with Crippen molar-refractivity contribution >= 4 is 34.5 Å². The average molecular weight is 437 g/mol. The lowest BCUT2D eigenvalue weighted by Gasteiger charge is -2.14. The van der Waals surface area contributed by atoms with Crippen LogP contribution in [0.15, 0.2) is 54.6 Å². The van der Waals surface area contributed by atoms with E-state index >= 15 is 0 Å². The van der Waals surface area contributed by atoms with Crippen molar-refractivity contribution in [3.8, 4) is 0 Å². The van der Waals surface area contributed by atoms with Gasteiger partial charge in [-0.05, 0) is 60.1 Å². The summed E-state index contributed by atoms with van der Waals surface area (Å²) < 4.78 is 5.88. The Labute approximate surface area is 155 Å². The molecule has 2 rings (SSSR count). The number of hydrogen-bond donors (Lipinski definition) is 1. The number of carbonyl (C=O) groups is 2. The molecule has 1 unspecified atom stereocenters. The summed E-state index contributed by atoms with van der Waals surface area (Å²) in [5, 5.41) is 2.85. The van der Waals surface area contributed by atoms with Crippen LogP contribution in [0.3, 0.4) is 0 Å². The summed E-state index contributed by atoms with van der Waals surface area (Å²) in [6, 6.07) is 17.3. The lowest BCUT2D eigenvalue weighted by Crippen LogP contribution is -2.36. The first-order valence-electron chi connectivity index (χ1n) is 7.81. The molecule has 0 aliphatic carbocycles. The zero-order valence-corrected chi connectivity index (χ0v) is 15.7. The Kier molecular flexibility index (Phi) is 7.24. The Morgan fingerprint density at radius 3 is 2.46 bits per heavy atom. The molecule has 0 spiro atoms. The minimum absolute atomic E-state index is 0.0215. The third kappa shape index (κ3) is 5.96. The second kappa shape index (κ2) is 9.42. The van der Waals surface area contributed by atoms with E-state index in [1.807, 2.05) is 37.3 Å². The molecule has 0 aliphatic rings. The van der Waals surface area contributed by atoms with Gasteiger partial charge >= 0.3 is 5.97 Å². The monoisotopic (exact) mass is 437 g/mol. The standard InChI is InChI=1S/C19H20INO3/c1-14(11-12-15-7-3-2-4-8-15)21-18(22)13-24-19(23)16-9-5-6-10-17(16)20/h2-10,14H,11-13H2,1H3,(H,21,22). The molecule has 0 aliphatic heterocycles. The fourth-order valence-electron chi connectivity index (χ4n) is 2.25. The van der Waals surface area contributed by atoms with Crippen molar-refractivity contribution in [1.29, 1.82) is 0 Å². The van der Waals surface area contributed by atoms with Crippen molar-refractivity contribution in [2.75, 3.05) is 6.61 Å². The highest BCUT2D eigenvalue weighted by Gasteiger charge is 2.14. The van der Waals surface area contributed by atoms with Gasteiger partial charge in [0.2, 0.25) is 0 Å². The van der Waals surface area contributed by atoms with Crippen LogP contribution in [0.25, 0.3) is 0 Å². The summed E-state index contributed by atoms with van der Waals surface area (Å²) in [5.74, 6) is -0.762. The number of nitrogens with one attached hydrogen (secondary N) is 1. The minimum atomic E-state index is -0.480. The maximum atomic E-state index is 12.0. The van der Waals surface area contributed by atoms with Crippen LogP contribution in [-0.2, 0) is 16.0 Å². The highest BCUT2D eigenvalue weighted by molar-refractivity contribution is 14.1. The zero-order chi connectivity index (χ0) is 17.4. The van der Waals surface area contributed by atoms with Crippen LogP contribution in [0.5, 0.6) is 0 Å². The number of hydrogen-bond acceptors (Lipinski definition) is 3.